The maximum Gasteiger partial charge on any atom is 0.238 e. The Balaban J connectivity index is 1.42. The Bertz CT molecular complexity index is 645. The molecule has 1 aromatic carbocycles. The Kier molecular flexibility index (Phi) is 6.82. The van der Waals surface area contributed by atoms with E-state index in [1.165, 1.54) is 0 Å². The van der Waals surface area contributed by atoms with Gasteiger partial charge in [0.15, 0.2) is 0 Å². The predicted octanol–water partition coefficient (Wildman–Crippen LogP) is 0.718. The smallest absolute Gasteiger partial charge is 0.238 e. The first-order valence-electron chi connectivity index (χ1n) is 9.69. The standard InChI is InChI=1S/C20H30N4O3/c1-16-4-3-5-17(2)20(16)21-18(25)14-22-6-8-24(9-7-22)19(26)15-23-10-12-27-13-11-23/h3-5H,6-15H2,1-2H3,(H,21,25). The van der Waals surface area contributed by atoms with Gasteiger partial charge in [0.05, 0.1) is 26.3 Å². The van der Waals surface area contributed by atoms with Gasteiger partial charge in [0.2, 0.25) is 11.8 Å². The second kappa shape index (κ2) is 9.30. The van der Waals surface area contributed by atoms with Crippen LogP contribution >= 0.6 is 0 Å². The summed E-state index contributed by atoms with van der Waals surface area (Å²) in [6.45, 7) is 10.7. The maximum atomic E-state index is 12.5. The highest BCUT2D eigenvalue weighted by Crippen LogP contribution is 2.19. The summed E-state index contributed by atoms with van der Waals surface area (Å²) < 4.78 is 5.32. The van der Waals surface area contributed by atoms with E-state index in [-0.39, 0.29) is 11.8 Å². The number of piperazine rings is 1. The lowest BCUT2D eigenvalue weighted by atomic mass is 10.1. The van der Waals surface area contributed by atoms with Crippen LogP contribution in [0.25, 0.3) is 0 Å². The summed E-state index contributed by atoms with van der Waals surface area (Å²) in [4.78, 5) is 31.0. The molecule has 27 heavy (non-hydrogen) atoms. The van der Waals surface area contributed by atoms with E-state index >= 15 is 0 Å². The van der Waals surface area contributed by atoms with Gasteiger partial charge in [0.25, 0.3) is 0 Å². The second-order valence-electron chi connectivity index (χ2n) is 7.36. The molecule has 0 unspecified atom stereocenters. The zero-order valence-corrected chi connectivity index (χ0v) is 16.4. The van der Waals surface area contributed by atoms with Crippen molar-refractivity contribution in [1.82, 2.24) is 14.7 Å². The SMILES string of the molecule is Cc1cccc(C)c1NC(=O)CN1CCN(C(=O)CN2CCOCC2)CC1. The number of anilines is 1. The van der Waals surface area contributed by atoms with Crippen LogP contribution in [0.3, 0.4) is 0 Å². The molecule has 0 radical (unpaired) electrons. The summed E-state index contributed by atoms with van der Waals surface area (Å²) >= 11 is 0. The van der Waals surface area contributed by atoms with Crippen LogP contribution in [-0.4, -0.2) is 92.1 Å². The first kappa shape index (κ1) is 19.8. The topological polar surface area (TPSA) is 65.1 Å². The van der Waals surface area contributed by atoms with Crippen molar-refractivity contribution in [3.8, 4) is 0 Å². The molecule has 0 aliphatic carbocycles. The normalized spacial score (nSPS) is 19.1. The first-order chi connectivity index (χ1) is 13.0. The van der Waals surface area contributed by atoms with Crippen LogP contribution in [0, 0.1) is 13.8 Å². The molecule has 7 heteroatoms. The van der Waals surface area contributed by atoms with Gasteiger partial charge in [-0.2, -0.15) is 0 Å². The number of morpholine rings is 1. The number of benzene rings is 1. The van der Waals surface area contributed by atoms with Gasteiger partial charge in [0, 0.05) is 45.0 Å². The zero-order valence-electron chi connectivity index (χ0n) is 16.4. The molecule has 148 valence electrons. The Morgan fingerprint density at radius 2 is 1.52 bits per heavy atom. The summed E-state index contributed by atoms with van der Waals surface area (Å²) in [5.74, 6) is 0.178. The molecule has 1 N–H and O–H groups in total. The van der Waals surface area contributed by atoms with E-state index in [0.717, 1.165) is 43.0 Å². The largest absolute Gasteiger partial charge is 0.379 e. The second-order valence-corrected chi connectivity index (χ2v) is 7.36. The number of nitrogens with one attached hydrogen (secondary N) is 1. The van der Waals surface area contributed by atoms with Crippen LogP contribution in [0.1, 0.15) is 11.1 Å². The third-order valence-electron chi connectivity index (χ3n) is 5.30. The number of hydrogen-bond acceptors (Lipinski definition) is 5. The summed E-state index contributed by atoms with van der Waals surface area (Å²) in [5, 5.41) is 3.03. The third kappa shape index (κ3) is 5.51. The number of hydrogen-bond donors (Lipinski definition) is 1. The van der Waals surface area contributed by atoms with Crippen molar-refractivity contribution in [2.75, 3.05) is 70.9 Å². The molecule has 2 fully saturated rings. The number of nitrogens with zero attached hydrogens (tertiary/aromatic N) is 3. The molecule has 7 nitrogen and oxygen atoms in total. The van der Waals surface area contributed by atoms with Gasteiger partial charge < -0.3 is 15.0 Å². The van der Waals surface area contributed by atoms with Crippen molar-refractivity contribution >= 4 is 17.5 Å². The molecule has 0 saturated carbocycles. The highest BCUT2D eigenvalue weighted by molar-refractivity contribution is 5.93. The molecule has 0 bridgehead atoms. The Morgan fingerprint density at radius 1 is 0.926 bits per heavy atom. The van der Waals surface area contributed by atoms with E-state index in [1.807, 2.05) is 36.9 Å². The minimum Gasteiger partial charge on any atom is -0.379 e. The lowest BCUT2D eigenvalue weighted by Gasteiger charge is -2.36. The molecule has 2 aliphatic rings. The number of ether oxygens (including phenoxy) is 1. The maximum absolute atomic E-state index is 12.5. The minimum absolute atomic E-state index is 0.000457. The van der Waals surface area contributed by atoms with E-state index < -0.39 is 0 Å². The number of carbonyl (C=O) groups excluding carboxylic acids is 2. The summed E-state index contributed by atoms with van der Waals surface area (Å²) in [5.41, 5.74) is 3.05. The first-order valence-corrected chi connectivity index (χ1v) is 9.69. The Hall–Kier alpha value is -1.96. The average molecular weight is 374 g/mol. The van der Waals surface area contributed by atoms with E-state index in [2.05, 4.69) is 15.1 Å². The molecule has 3 rings (SSSR count). The fourth-order valence-electron chi connectivity index (χ4n) is 3.60. The van der Waals surface area contributed by atoms with Gasteiger partial charge >= 0.3 is 0 Å². The van der Waals surface area contributed by atoms with Crippen molar-refractivity contribution in [3.05, 3.63) is 29.3 Å². The van der Waals surface area contributed by atoms with E-state index in [0.29, 0.717) is 39.4 Å². The summed E-state index contributed by atoms with van der Waals surface area (Å²) in [6, 6.07) is 6.00. The highest BCUT2D eigenvalue weighted by atomic mass is 16.5. The third-order valence-corrected chi connectivity index (χ3v) is 5.30. The number of aryl methyl sites for hydroxylation is 2. The number of carbonyl (C=O) groups is 2. The van der Waals surface area contributed by atoms with Crippen LogP contribution in [0.2, 0.25) is 0 Å². The van der Waals surface area contributed by atoms with E-state index in [4.69, 9.17) is 4.74 Å². The monoisotopic (exact) mass is 374 g/mol. The van der Waals surface area contributed by atoms with Crippen LogP contribution in [-0.2, 0) is 14.3 Å². The molecular weight excluding hydrogens is 344 g/mol. The molecule has 2 amide bonds. The van der Waals surface area contributed by atoms with Gasteiger partial charge in [-0.15, -0.1) is 0 Å². The van der Waals surface area contributed by atoms with Crippen LogP contribution < -0.4 is 5.32 Å². The van der Waals surface area contributed by atoms with Crippen molar-refractivity contribution in [3.63, 3.8) is 0 Å². The van der Waals surface area contributed by atoms with Gasteiger partial charge in [-0.1, -0.05) is 18.2 Å². The van der Waals surface area contributed by atoms with Crippen molar-refractivity contribution in [2.45, 2.75) is 13.8 Å². The zero-order chi connectivity index (χ0) is 19.2. The van der Waals surface area contributed by atoms with E-state index in [9.17, 15) is 9.59 Å². The molecule has 0 spiro atoms. The Morgan fingerprint density at radius 3 is 2.15 bits per heavy atom. The minimum atomic E-state index is 0.000457. The summed E-state index contributed by atoms with van der Waals surface area (Å²) in [7, 11) is 0. The van der Waals surface area contributed by atoms with Crippen LogP contribution in [0.15, 0.2) is 18.2 Å². The lowest BCUT2D eigenvalue weighted by molar-refractivity contribution is -0.135. The lowest BCUT2D eigenvalue weighted by Crippen LogP contribution is -2.53. The molecule has 1 aromatic rings. The highest BCUT2D eigenvalue weighted by Gasteiger charge is 2.24. The van der Waals surface area contributed by atoms with Crippen molar-refractivity contribution in [1.29, 1.82) is 0 Å². The van der Waals surface area contributed by atoms with Crippen molar-refractivity contribution < 1.29 is 14.3 Å². The Labute approximate surface area is 161 Å². The van der Waals surface area contributed by atoms with Gasteiger partial charge in [-0.05, 0) is 25.0 Å². The molecule has 2 aliphatic heterocycles. The predicted molar refractivity (Wildman–Crippen MR) is 105 cm³/mol. The number of rotatable bonds is 5. The van der Waals surface area contributed by atoms with Gasteiger partial charge in [0.1, 0.15) is 0 Å². The molecule has 0 aromatic heterocycles. The van der Waals surface area contributed by atoms with Crippen LogP contribution in [0.5, 0.6) is 0 Å². The molecule has 2 heterocycles. The number of amides is 2. The average Bonchev–Trinajstić information content (AvgIpc) is 2.66. The van der Waals surface area contributed by atoms with E-state index in [1.54, 1.807) is 0 Å². The molecular formula is C20H30N4O3. The molecule has 0 atom stereocenters. The molecule has 2 saturated heterocycles. The van der Waals surface area contributed by atoms with Gasteiger partial charge in [-0.25, -0.2) is 0 Å². The van der Waals surface area contributed by atoms with Crippen molar-refractivity contribution in [2.24, 2.45) is 0 Å². The fraction of sp³-hybridized carbons (Fsp3) is 0.600. The van der Waals surface area contributed by atoms with Gasteiger partial charge in [-0.3, -0.25) is 19.4 Å². The summed E-state index contributed by atoms with van der Waals surface area (Å²) in [6.07, 6.45) is 0. The fourth-order valence-corrected chi connectivity index (χ4v) is 3.60. The quantitative estimate of drug-likeness (QED) is 0.823. The van der Waals surface area contributed by atoms with Crippen LogP contribution in [0.4, 0.5) is 5.69 Å². The number of para-hydroxylation sites is 1.